The van der Waals surface area contributed by atoms with Crippen molar-refractivity contribution in [1.82, 2.24) is 0 Å². The standard InChI is InChI=1S/C10H16O2/c1-6-3-4-8-7(2)5-12-10(11)9(6)8/h6-9H,3-5H2,1-2H3/t6-,7?,8+,9-/m0/s1. The van der Waals surface area contributed by atoms with Gasteiger partial charge in [0.25, 0.3) is 0 Å². The van der Waals surface area contributed by atoms with Crippen LogP contribution >= 0.6 is 0 Å². The highest BCUT2D eigenvalue weighted by Crippen LogP contribution is 2.44. The molecule has 2 nitrogen and oxygen atoms in total. The Labute approximate surface area is 73.3 Å². The lowest BCUT2D eigenvalue weighted by molar-refractivity contribution is -0.160. The zero-order chi connectivity index (χ0) is 8.72. The zero-order valence-electron chi connectivity index (χ0n) is 7.75. The molecule has 68 valence electrons. The van der Waals surface area contributed by atoms with Crippen LogP contribution < -0.4 is 0 Å². The minimum absolute atomic E-state index is 0.0584. The van der Waals surface area contributed by atoms with Gasteiger partial charge in [-0.05, 0) is 30.6 Å². The highest BCUT2D eigenvalue weighted by molar-refractivity contribution is 5.74. The van der Waals surface area contributed by atoms with Gasteiger partial charge in [-0.15, -0.1) is 0 Å². The van der Waals surface area contributed by atoms with Crippen LogP contribution in [-0.2, 0) is 9.53 Å². The molecule has 1 saturated carbocycles. The van der Waals surface area contributed by atoms with Gasteiger partial charge in [-0.25, -0.2) is 0 Å². The fourth-order valence-electron chi connectivity index (χ4n) is 2.72. The lowest BCUT2D eigenvalue weighted by Gasteiger charge is -2.31. The second kappa shape index (κ2) is 2.75. The van der Waals surface area contributed by atoms with E-state index in [0.717, 1.165) is 0 Å². The molecule has 0 radical (unpaired) electrons. The predicted octanol–water partition coefficient (Wildman–Crippen LogP) is 1.84. The van der Waals surface area contributed by atoms with Gasteiger partial charge in [0.05, 0.1) is 12.5 Å². The fraction of sp³-hybridized carbons (Fsp3) is 0.900. The number of rotatable bonds is 0. The quantitative estimate of drug-likeness (QED) is 0.516. The number of fused-ring (bicyclic) bond motifs is 1. The van der Waals surface area contributed by atoms with Crippen molar-refractivity contribution in [2.24, 2.45) is 23.7 Å². The number of hydrogen-bond acceptors (Lipinski definition) is 2. The van der Waals surface area contributed by atoms with E-state index in [4.69, 9.17) is 4.74 Å². The monoisotopic (exact) mass is 168 g/mol. The van der Waals surface area contributed by atoms with Gasteiger partial charge in [0.2, 0.25) is 0 Å². The average Bonchev–Trinajstić information content (AvgIpc) is 2.42. The Kier molecular flexibility index (Phi) is 1.85. The summed E-state index contributed by atoms with van der Waals surface area (Å²) in [4.78, 5) is 11.4. The van der Waals surface area contributed by atoms with E-state index in [1.807, 2.05) is 0 Å². The van der Waals surface area contributed by atoms with Gasteiger partial charge in [-0.3, -0.25) is 4.79 Å². The number of esters is 1. The number of carbonyl (C=O) groups is 1. The second-order valence-electron chi connectivity index (χ2n) is 4.35. The largest absolute Gasteiger partial charge is 0.465 e. The first-order valence-corrected chi connectivity index (χ1v) is 4.87. The molecule has 1 unspecified atom stereocenters. The molecular weight excluding hydrogens is 152 g/mol. The van der Waals surface area contributed by atoms with Crippen molar-refractivity contribution >= 4 is 5.97 Å². The maximum Gasteiger partial charge on any atom is 0.309 e. The van der Waals surface area contributed by atoms with E-state index in [0.29, 0.717) is 24.4 Å². The third-order valence-corrected chi connectivity index (χ3v) is 3.52. The van der Waals surface area contributed by atoms with Gasteiger partial charge in [0.15, 0.2) is 0 Å². The lowest BCUT2D eigenvalue weighted by atomic mass is 9.81. The first-order chi connectivity index (χ1) is 5.70. The van der Waals surface area contributed by atoms with Gasteiger partial charge >= 0.3 is 5.97 Å². The summed E-state index contributed by atoms with van der Waals surface area (Å²) in [6.07, 6.45) is 2.43. The summed E-state index contributed by atoms with van der Waals surface area (Å²) < 4.78 is 5.14. The van der Waals surface area contributed by atoms with Crippen LogP contribution in [0.25, 0.3) is 0 Å². The summed E-state index contributed by atoms with van der Waals surface area (Å²) in [5.41, 5.74) is 0. The predicted molar refractivity (Wildman–Crippen MR) is 45.5 cm³/mol. The highest BCUT2D eigenvalue weighted by atomic mass is 16.5. The zero-order valence-corrected chi connectivity index (χ0v) is 7.75. The molecule has 1 saturated heterocycles. The number of hydrogen-bond donors (Lipinski definition) is 0. The van der Waals surface area contributed by atoms with Gasteiger partial charge in [-0.2, -0.15) is 0 Å². The van der Waals surface area contributed by atoms with Crippen LogP contribution in [0.4, 0.5) is 0 Å². The topological polar surface area (TPSA) is 26.3 Å². The van der Waals surface area contributed by atoms with Crippen LogP contribution in [0.5, 0.6) is 0 Å². The van der Waals surface area contributed by atoms with Crippen LogP contribution in [0.15, 0.2) is 0 Å². The summed E-state index contributed by atoms with van der Waals surface area (Å²) in [6.45, 7) is 5.01. The summed E-state index contributed by atoms with van der Waals surface area (Å²) in [6, 6.07) is 0. The molecule has 0 amide bonds. The van der Waals surface area contributed by atoms with Crippen molar-refractivity contribution in [3.8, 4) is 0 Å². The molecule has 2 aliphatic rings. The van der Waals surface area contributed by atoms with Crippen molar-refractivity contribution in [3.05, 3.63) is 0 Å². The molecule has 4 atom stereocenters. The SMILES string of the molecule is CC1COC(=O)[C@@H]2[C@@H]1CC[C@@H]2C. The summed E-state index contributed by atoms with van der Waals surface area (Å²) in [5.74, 6) is 2.01. The molecule has 1 heterocycles. The highest BCUT2D eigenvalue weighted by Gasteiger charge is 2.45. The minimum Gasteiger partial charge on any atom is -0.465 e. The van der Waals surface area contributed by atoms with Crippen molar-refractivity contribution < 1.29 is 9.53 Å². The third kappa shape index (κ3) is 1.05. The van der Waals surface area contributed by atoms with Gasteiger partial charge in [-0.1, -0.05) is 13.8 Å². The molecule has 0 spiro atoms. The molecule has 0 aromatic rings. The second-order valence-corrected chi connectivity index (χ2v) is 4.35. The van der Waals surface area contributed by atoms with Gasteiger partial charge in [0.1, 0.15) is 0 Å². The normalized spacial score (nSPS) is 47.0. The molecule has 2 heteroatoms. The molecule has 1 aliphatic heterocycles. The summed E-state index contributed by atoms with van der Waals surface area (Å²) >= 11 is 0. The number of cyclic esters (lactones) is 1. The number of ether oxygens (including phenoxy) is 1. The van der Waals surface area contributed by atoms with E-state index < -0.39 is 0 Å². The molecule has 2 fully saturated rings. The van der Waals surface area contributed by atoms with Crippen LogP contribution in [0.2, 0.25) is 0 Å². The molecule has 0 bridgehead atoms. The molecule has 0 aromatic heterocycles. The summed E-state index contributed by atoms with van der Waals surface area (Å²) in [7, 11) is 0. The molecule has 0 N–H and O–H groups in total. The third-order valence-electron chi connectivity index (χ3n) is 3.52. The Morgan fingerprint density at radius 2 is 2.00 bits per heavy atom. The van der Waals surface area contributed by atoms with E-state index in [1.54, 1.807) is 0 Å². The van der Waals surface area contributed by atoms with Crippen molar-refractivity contribution in [3.63, 3.8) is 0 Å². The fourth-order valence-corrected chi connectivity index (χ4v) is 2.72. The van der Waals surface area contributed by atoms with Gasteiger partial charge < -0.3 is 4.74 Å². The lowest BCUT2D eigenvalue weighted by Crippen LogP contribution is -2.37. The molecular formula is C10H16O2. The van der Waals surface area contributed by atoms with E-state index in [1.165, 1.54) is 12.8 Å². The van der Waals surface area contributed by atoms with Crippen LogP contribution in [0, 0.1) is 23.7 Å². The van der Waals surface area contributed by atoms with E-state index in [2.05, 4.69) is 13.8 Å². The maximum atomic E-state index is 11.4. The Morgan fingerprint density at radius 1 is 1.25 bits per heavy atom. The van der Waals surface area contributed by atoms with Crippen molar-refractivity contribution in [2.75, 3.05) is 6.61 Å². The molecule has 1 aliphatic carbocycles. The van der Waals surface area contributed by atoms with Crippen molar-refractivity contribution in [2.45, 2.75) is 26.7 Å². The van der Waals surface area contributed by atoms with Crippen molar-refractivity contribution in [1.29, 1.82) is 0 Å². The molecule has 0 aromatic carbocycles. The number of carbonyl (C=O) groups excluding carboxylic acids is 1. The molecule has 12 heavy (non-hydrogen) atoms. The minimum atomic E-state index is 0.0584. The van der Waals surface area contributed by atoms with E-state index >= 15 is 0 Å². The Morgan fingerprint density at radius 3 is 2.67 bits per heavy atom. The Balaban J connectivity index is 2.18. The molecule has 2 rings (SSSR count). The average molecular weight is 168 g/mol. The summed E-state index contributed by atoms with van der Waals surface area (Å²) in [5, 5.41) is 0. The van der Waals surface area contributed by atoms with E-state index in [9.17, 15) is 4.79 Å². The first kappa shape index (κ1) is 8.09. The maximum absolute atomic E-state index is 11.4. The van der Waals surface area contributed by atoms with Crippen LogP contribution in [0.1, 0.15) is 26.7 Å². The van der Waals surface area contributed by atoms with Crippen LogP contribution in [0.3, 0.4) is 0 Å². The first-order valence-electron chi connectivity index (χ1n) is 4.87. The Bertz CT molecular complexity index is 200. The van der Waals surface area contributed by atoms with Gasteiger partial charge in [0, 0.05) is 0 Å². The smallest absolute Gasteiger partial charge is 0.309 e. The van der Waals surface area contributed by atoms with E-state index in [-0.39, 0.29) is 11.9 Å². The Hall–Kier alpha value is -0.530. The van der Waals surface area contributed by atoms with Crippen LogP contribution in [-0.4, -0.2) is 12.6 Å².